The van der Waals surface area contributed by atoms with E-state index in [1.165, 1.54) is 11.3 Å². The van der Waals surface area contributed by atoms with Crippen molar-refractivity contribution in [2.75, 3.05) is 13.6 Å². The molecular formula is C11H13BrN2OS. The largest absolute Gasteiger partial charge is 0.340 e. The number of hydrogen-bond acceptors (Lipinski definition) is 3. The lowest BCUT2D eigenvalue weighted by atomic mass is 10.2. The van der Waals surface area contributed by atoms with Crippen LogP contribution in [0, 0.1) is 24.2 Å². The molecule has 0 aliphatic rings. The number of nitrogens with zero attached hydrogens (tertiary/aromatic N) is 2. The summed E-state index contributed by atoms with van der Waals surface area (Å²) in [5.74, 6) is -0.167. The van der Waals surface area contributed by atoms with Gasteiger partial charge in [0.25, 0.3) is 5.91 Å². The molecule has 1 aromatic rings. The van der Waals surface area contributed by atoms with E-state index >= 15 is 0 Å². The van der Waals surface area contributed by atoms with E-state index in [2.05, 4.69) is 22.0 Å². The highest BCUT2D eigenvalue weighted by Gasteiger charge is 2.17. The van der Waals surface area contributed by atoms with Crippen molar-refractivity contribution in [2.45, 2.75) is 13.8 Å². The van der Waals surface area contributed by atoms with Gasteiger partial charge in [-0.05, 0) is 41.4 Å². The minimum absolute atomic E-state index is 0.0269. The van der Waals surface area contributed by atoms with Gasteiger partial charge in [0.15, 0.2) is 0 Å². The standard InChI is InChI=1S/C11H13BrN2OS/c1-7(5-13)6-14(3)11(15)9-4-8(2)10(12)16-9/h4,7H,6H2,1-3H3. The van der Waals surface area contributed by atoms with Crippen molar-refractivity contribution >= 4 is 33.2 Å². The zero-order valence-corrected chi connectivity index (χ0v) is 11.9. The summed E-state index contributed by atoms with van der Waals surface area (Å²) >= 11 is 4.82. The molecule has 0 fully saturated rings. The van der Waals surface area contributed by atoms with E-state index in [1.54, 1.807) is 18.9 Å². The molecule has 0 aromatic carbocycles. The number of halogens is 1. The number of rotatable bonds is 3. The first-order valence-electron chi connectivity index (χ1n) is 4.86. The normalized spacial score (nSPS) is 11.9. The first-order chi connectivity index (χ1) is 7.45. The van der Waals surface area contributed by atoms with Gasteiger partial charge in [0.05, 0.1) is 20.7 Å². The van der Waals surface area contributed by atoms with E-state index in [1.807, 2.05) is 13.0 Å². The van der Waals surface area contributed by atoms with Crippen molar-refractivity contribution in [3.05, 3.63) is 20.3 Å². The minimum Gasteiger partial charge on any atom is -0.340 e. The molecule has 1 amide bonds. The van der Waals surface area contributed by atoms with Crippen LogP contribution in [0.3, 0.4) is 0 Å². The Balaban J connectivity index is 2.75. The van der Waals surface area contributed by atoms with Crippen molar-refractivity contribution in [1.29, 1.82) is 5.26 Å². The predicted octanol–water partition coefficient (Wildman–Crippen LogP) is 3.05. The molecule has 1 aromatic heterocycles. The van der Waals surface area contributed by atoms with E-state index in [9.17, 15) is 4.79 Å². The van der Waals surface area contributed by atoms with Gasteiger partial charge in [-0.3, -0.25) is 4.79 Å². The highest BCUT2D eigenvalue weighted by atomic mass is 79.9. The third-order valence-electron chi connectivity index (χ3n) is 2.18. The molecule has 1 atom stereocenters. The average Bonchev–Trinajstić information content (AvgIpc) is 2.57. The van der Waals surface area contributed by atoms with Crippen molar-refractivity contribution < 1.29 is 4.79 Å². The molecular weight excluding hydrogens is 288 g/mol. The number of carbonyl (C=O) groups excluding carboxylic acids is 1. The molecule has 0 aliphatic heterocycles. The summed E-state index contributed by atoms with van der Waals surface area (Å²) in [5.41, 5.74) is 1.06. The summed E-state index contributed by atoms with van der Waals surface area (Å²) < 4.78 is 0.984. The summed E-state index contributed by atoms with van der Waals surface area (Å²) in [6.07, 6.45) is 0. The predicted molar refractivity (Wildman–Crippen MR) is 68.5 cm³/mol. The number of nitriles is 1. The van der Waals surface area contributed by atoms with Gasteiger partial charge in [0.1, 0.15) is 0 Å². The van der Waals surface area contributed by atoms with Gasteiger partial charge in [-0.1, -0.05) is 0 Å². The maximum Gasteiger partial charge on any atom is 0.263 e. The van der Waals surface area contributed by atoms with Crippen LogP contribution in [0.4, 0.5) is 0 Å². The quantitative estimate of drug-likeness (QED) is 0.861. The fraction of sp³-hybridized carbons (Fsp3) is 0.455. The van der Waals surface area contributed by atoms with E-state index in [0.717, 1.165) is 9.35 Å². The van der Waals surface area contributed by atoms with Gasteiger partial charge in [0, 0.05) is 13.6 Å². The maximum atomic E-state index is 12.0. The van der Waals surface area contributed by atoms with Crippen LogP contribution in [0.15, 0.2) is 9.85 Å². The summed E-state index contributed by atoms with van der Waals surface area (Å²) in [7, 11) is 1.72. The van der Waals surface area contributed by atoms with Crippen LogP contribution in [0.2, 0.25) is 0 Å². The van der Waals surface area contributed by atoms with Gasteiger partial charge in [-0.2, -0.15) is 5.26 Å². The van der Waals surface area contributed by atoms with Gasteiger partial charge < -0.3 is 4.90 Å². The van der Waals surface area contributed by atoms with Crippen LogP contribution >= 0.6 is 27.3 Å². The van der Waals surface area contributed by atoms with Crippen molar-refractivity contribution in [3.63, 3.8) is 0 Å². The first-order valence-corrected chi connectivity index (χ1v) is 6.47. The molecule has 5 heteroatoms. The first kappa shape index (κ1) is 13.2. The van der Waals surface area contributed by atoms with Crippen LogP contribution < -0.4 is 0 Å². The molecule has 0 radical (unpaired) electrons. The Bertz CT molecular complexity index is 416. The van der Waals surface area contributed by atoms with E-state index in [-0.39, 0.29) is 11.8 Å². The molecule has 1 heterocycles. The molecule has 0 N–H and O–H groups in total. The number of hydrogen-bond donors (Lipinski definition) is 0. The molecule has 1 unspecified atom stereocenters. The topological polar surface area (TPSA) is 44.1 Å². The minimum atomic E-state index is -0.140. The van der Waals surface area contributed by atoms with E-state index in [4.69, 9.17) is 5.26 Å². The van der Waals surface area contributed by atoms with Gasteiger partial charge >= 0.3 is 0 Å². The second kappa shape index (κ2) is 5.46. The van der Waals surface area contributed by atoms with Gasteiger partial charge in [-0.15, -0.1) is 11.3 Å². The third-order valence-corrected chi connectivity index (χ3v) is 4.31. The van der Waals surface area contributed by atoms with Gasteiger partial charge in [0.2, 0.25) is 0 Å². The van der Waals surface area contributed by atoms with Crippen molar-refractivity contribution in [1.82, 2.24) is 4.90 Å². The van der Waals surface area contributed by atoms with Crippen LogP contribution in [-0.2, 0) is 0 Å². The molecule has 0 spiro atoms. The van der Waals surface area contributed by atoms with Crippen molar-refractivity contribution in [3.8, 4) is 6.07 Å². The van der Waals surface area contributed by atoms with Crippen LogP contribution in [0.1, 0.15) is 22.2 Å². The molecule has 16 heavy (non-hydrogen) atoms. The molecule has 86 valence electrons. The summed E-state index contributed by atoms with van der Waals surface area (Å²) in [4.78, 5) is 14.3. The molecule has 0 bridgehead atoms. The molecule has 0 saturated heterocycles. The number of thiophene rings is 1. The zero-order valence-electron chi connectivity index (χ0n) is 9.45. The third kappa shape index (κ3) is 3.06. The summed E-state index contributed by atoms with van der Waals surface area (Å²) in [6, 6.07) is 3.98. The smallest absolute Gasteiger partial charge is 0.263 e. The maximum absolute atomic E-state index is 12.0. The SMILES string of the molecule is Cc1cc(C(=O)N(C)CC(C)C#N)sc1Br. The highest BCUT2D eigenvalue weighted by Crippen LogP contribution is 2.28. The number of amides is 1. The lowest BCUT2D eigenvalue weighted by Gasteiger charge is -2.17. The van der Waals surface area contributed by atoms with Crippen LogP contribution in [-0.4, -0.2) is 24.4 Å². The Morgan fingerprint density at radius 2 is 2.38 bits per heavy atom. The van der Waals surface area contributed by atoms with Crippen LogP contribution in [0.5, 0.6) is 0 Å². The number of aryl methyl sites for hydroxylation is 1. The lowest BCUT2D eigenvalue weighted by molar-refractivity contribution is 0.0790. The second-order valence-corrected chi connectivity index (χ2v) is 6.15. The van der Waals surface area contributed by atoms with E-state index < -0.39 is 0 Å². The van der Waals surface area contributed by atoms with E-state index in [0.29, 0.717) is 11.4 Å². The zero-order chi connectivity index (χ0) is 12.3. The Hall–Kier alpha value is -0.860. The van der Waals surface area contributed by atoms with Gasteiger partial charge in [-0.25, -0.2) is 0 Å². The Morgan fingerprint density at radius 3 is 2.81 bits per heavy atom. The Labute approximate surface area is 108 Å². The Kier molecular flexibility index (Phi) is 4.51. The molecule has 0 aliphatic carbocycles. The van der Waals surface area contributed by atoms with Crippen LogP contribution in [0.25, 0.3) is 0 Å². The summed E-state index contributed by atoms with van der Waals surface area (Å²) in [6.45, 7) is 4.22. The second-order valence-electron chi connectivity index (χ2n) is 3.78. The lowest BCUT2D eigenvalue weighted by Crippen LogP contribution is -2.30. The fourth-order valence-electron chi connectivity index (χ4n) is 1.29. The molecule has 0 saturated carbocycles. The Morgan fingerprint density at radius 1 is 1.75 bits per heavy atom. The summed E-state index contributed by atoms with van der Waals surface area (Å²) in [5, 5.41) is 8.69. The number of carbonyl (C=O) groups is 1. The molecule has 3 nitrogen and oxygen atoms in total. The monoisotopic (exact) mass is 300 g/mol. The fourth-order valence-corrected chi connectivity index (χ4v) is 2.82. The van der Waals surface area contributed by atoms with Crippen molar-refractivity contribution in [2.24, 2.45) is 5.92 Å². The highest BCUT2D eigenvalue weighted by molar-refractivity contribution is 9.11. The average molecular weight is 301 g/mol. The molecule has 1 rings (SSSR count).